The van der Waals surface area contributed by atoms with Gasteiger partial charge in [0, 0.05) is 21.0 Å². The van der Waals surface area contributed by atoms with Gasteiger partial charge in [0.25, 0.3) is 5.91 Å². The number of nitrogens with one attached hydrogen (secondary N) is 1. The number of hydrogen-bond donors (Lipinski definition) is 1. The number of amides is 1. The fraction of sp³-hybridized carbons (Fsp3) is 0.200. The summed E-state index contributed by atoms with van der Waals surface area (Å²) in [6.45, 7) is 3.69. The van der Waals surface area contributed by atoms with Gasteiger partial charge in [0.05, 0.1) is 5.02 Å². The molecule has 0 unspecified atom stereocenters. The van der Waals surface area contributed by atoms with Crippen LogP contribution < -0.4 is 5.32 Å². The molecule has 0 aliphatic carbocycles. The minimum atomic E-state index is -0.379. The first-order valence-electron chi connectivity index (χ1n) is 6.12. The van der Waals surface area contributed by atoms with Crippen LogP contribution >= 0.6 is 22.9 Å². The van der Waals surface area contributed by atoms with Crippen LogP contribution in [-0.2, 0) is 4.79 Å². The van der Waals surface area contributed by atoms with Crippen LogP contribution in [0.3, 0.4) is 0 Å². The molecule has 102 valence electrons. The van der Waals surface area contributed by atoms with Crippen molar-refractivity contribution in [3.05, 3.63) is 39.7 Å². The van der Waals surface area contributed by atoms with E-state index in [0.717, 1.165) is 15.0 Å². The van der Waals surface area contributed by atoms with Crippen molar-refractivity contribution in [2.75, 3.05) is 0 Å². The summed E-state index contributed by atoms with van der Waals surface area (Å²) in [4.78, 5) is 12.6. The van der Waals surface area contributed by atoms with Crippen molar-refractivity contribution >= 4 is 45.0 Å². The number of rotatable bonds is 3. The van der Waals surface area contributed by atoms with E-state index in [0.29, 0.717) is 5.02 Å². The summed E-state index contributed by atoms with van der Waals surface area (Å²) in [6, 6.07) is 9.63. The molecule has 5 heteroatoms. The standard InChI is InChI=1S/C15H13ClN2OS/c1-9(2)18-15(19)10(8-17)7-13-14(16)11-5-3-4-6-12(11)20-13/h3-7,9H,1-2H3,(H,18,19)/b10-7+. The molecule has 0 saturated heterocycles. The lowest BCUT2D eigenvalue weighted by atomic mass is 10.2. The minimum Gasteiger partial charge on any atom is -0.349 e. The van der Waals surface area contributed by atoms with E-state index in [1.54, 1.807) is 6.08 Å². The van der Waals surface area contributed by atoms with Crippen LogP contribution in [0.2, 0.25) is 5.02 Å². The lowest BCUT2D eigenvalue weighted by Gasteiger charge is -2.06. The number of benzene rings is 1. The molecule has 1 aromatic heterocycles. The van der Waals surface area contributed by atoms with Gasteiger partial charge in [-0.05, 0) is 26.0 Å². The van der Waals surface area contributed by atoms with Gasteiger partial charge in [0.15, 0.2) is 0 Å². The molecule has 2 aromatic rings. The summed E-state index contributed by atoms with van der Waals surface area (Å²) in [7, 11) is 0. The van der Waals surface area contributed by atoms with Crippen LogP contribution in [0.4, 0.5) is 0 Å². The Hall–Kier alpha value is -1.83. The van der Waals surface area contributed by atoms with E-state index in [4.69, 9.17) is 16.9 Å². The third kappa shape index (κ3) is 3.01. The van der Waals surface area contributed by atoms with E-state index in [-0.39, 0.29) is 17.5 Å². The number of carbonyl (C=O) groups is 1. The van der Waals surface area contributed by atoms with Gasteiger partial charge in [0.1, 0.15) is 11.6 Å². The molecule has 0 spiro atoms. The molecule has 0 saturated carbocycles. The average molecular weight is 305 g/mol. The molecule has 1 heterocycles. The molecule has 0 aliphatic heterocycles. The minimum absolute atomic E-state index is 0.0165. The molecule has 20 heavy (non-hydrogen) atoms. The number of fused-ring (bicyclic) bond motifs is 1. The molecule has 1 N–H and O–H groups in total. The summed E-state index contributed by atoms with van der Waals surface area (Å²) in [6.07, 6.45) is 1.55. The maximum Gasteiger partial charge on any atom is 0.262 e. The molecule has 0 fully saturated rings. The molecule has 1 amide bonds. The number of carbonyl (C=O) groups excluding carboxylic acids is 1. The molecule has 0 aliphatic rings. The van der Waals surface area contributed by atoms with E-state index < -0.39 is 0 Å². The Labute approximate surface area is 126 Å². The average Bonchev–Trinajstić information content (AvgIpc) is 2.72. The highest BCUT2D eigenvalue weighted by Gasteiger charge is 2.13. The quantitative estimate of drug-likeness (QED) is 0.688. The third-order valence-electron chi connectivity index (χ3n) is 2.62. The van der Waals surface area contributed by atoms with Crippen LogP contribution in [0, 0.1) is 11.3 Å². The van der Waals surface area contributed by atoms with Crippen molar-refractivity contribution in [3.8, 4) is 6.07 Å². The fourth-order valence-corrected chi connectivity index (χ4v) is 3.18. The highest BCUT2D eigenvalue weighted by molar-refractivity contribution is 7.20. The Balaban J connectivity index is 2.43. The van der Waals surface area contributed by atoms with E-state index in [1.807, 2.05) is 44.2 Å². The number of nitriles is 1. The zero-order valence-electron chi connectivity index (χ0n) is 11.1. The van der Waals surface area contributed by atoms with Gasteiger partial charge in [-0.3, -0.25) is 4.79 Å². The van der Waals surface area contributed by atoms with Crippen LogP contribution in [0.15, 0.2) is 29.8 Å². The van der Waals surface area contributed by atoms with Gasteiger partial charge < -0.3 is 5.32 Å². The summed E-state index contributed by atoms with van der Waals surface area (Å²) >= 11 is 7.76. The van der Waals surface area contributed by atoms with Crippen molar-refractivity contribution in [2.24, 2.45) is 0 Å². The maximum atomic E-state index is 11.9. The smallest absolute Gasteiger partial charge is 0.262 e. The van der Waals surface area contributed by atoms with E-state index in [2.05, 4.69) is 5.32 Å². The Morgan fingerprint density at radius 2 is 2.15 bits per heavy atom. The molecule has 2 rings (SSSR count). The molecule has 0 radical (unpaired) electrons. The van der Waals surface area contributed by atoms with Crippen molar-refractivity contribution in [1.29, 1.82) is 5.26 Å². The third-order valence-corrected chi connectivity index (χ3v) is 4.26. The number of halogens is 1. The normalized spacial score (nSPS) is 11.7. The number of hydrogen-bond acceptors (Lipinski definition) is 3. The number of thiophene rings is 1. The lowest BCUT2D eigenvalue weighted by Crippen LogP contribution is -2.30. The van der Waals surface area contributed by atoms with Crippen LogP contribution in [0.1, 0.15) is 18.7 Å². The van der Waals surface area contributed by atoms with Gasteiger partial charge in [-0.15, -0.1) is 11.3 Å². The maximum absolute atomic E-state index is 11.9. The summed E-state index contributed by atoms with van der Waals surface area (Å²) in [5.74, 6) is -0.379. The van der Waals surface area contributed by atoms with Crippen LogP contribution in [0.25, 0.3) is 16.2 Å². The molecule has 0 bridgehead atoms. The number of nitrogens with zero attached hydrogens (tertiary/aromatic N) is 1. The van der Waals surface area contributed by atoms with E-state index in [1.165, 1.54) is 11.3 Å². The zero-order chi connectivity index (χ0) is 14.7. The highest BCUT2D eigenvalue weighted by atomic mass is 35.5. The van der Waals surface area contributed by atoms with Gasteiger partial charge in [-0.1, -0.05) is 29.8 Å². The van der Waals surface area contributed by atoms with Crippen molar-refractivity contribution < 1.29 is 4.79 Å². The largest absolute Gasteiger partial charge is 0.349 e. The van der Waals surface area contributed by atoms with E-state index >= 15 is 0 Å². The second kappa shape index (κ2) is 6.08. The monoisotopic (exact) mass is 304 g/mol. The lowest BCUT2D eigenvalue weighted by molar-refractivity contribution is -0.117. The Morgan fingerprint density at radius 1 is 1.45 bits per heavy atom. The van der Waals surface area contributed by atoms with Gasteiger partial charge in [0.2, 0.25) is 0 Å². The molecule has 1 aromatic carbocycles. The van der Waals surface area contributed by atoms with Crippen molar-refractivity contribution in [1.82, 2.24) is 5.32 Å². The second-order valence-electron chi connectivity index (χ2n) is 4.57. The summed E-state index contributed by atoms with van der Waals surface area (Å²) in [5.41, 5.74) is 0.0622. The van der Waals surface area contributed by atoms with Crippen molar-refractivity contribution in [2.45, 2.75) is 19.9 Å². The topological polar surface area (TPSA) is 52.9 Å². The Kier molecular flexibility index (Phi) is 4.43. The van der Waals surface area contributed by atoms with Gasteiger partial charge >= 0.3 is 0 Å². The Bertz CT molecular complexity index is 725. The van der Waals surface area contributed by atoms with Crippen molar-refractivity contribution in [3.63, 3.8) is 0 Å². The molecular formula is C15H13ClN2OS. The second-order valence-corrected chi connectivity index (χ2v) is 6.04. The first-order valence-corrected chi connectivity index (χ1v) is 7.32. The van der Waals surface area contributed by atoms with E-state index in [9.17, 15) is 4.79 Å². The first kappa shape index (κ1) is 14.6. The van der Waals surface area contributed by atoms with Gasteiger partial charge in [-0.2, -0.15) is 5.26 Å². The highest BCUT2D eigenvalue weighted by Crippen LogP contribution is 2.36. The molecule has 0 atom stereocenters. The van der Waals surface area contributed by atoms with Gasteiger partial charge in [-0.25, -0.2) is 0 Å². The SMILES string of the molecule is CC(C)NC(=O)/C(C#N)=C/c1sc2ccccc2c1Cl. The molecule has 3 nitrogen and oxygen atoms in total. The van der Waals surface area contributed by atoms with Crippen LogP contribution in [0.5, 0.6) is 0 Å². The molecular weight excluding hydrogens is 292 g/mol. The van der Waals surface area contributed by atoms with Crippen LogP contribution in [-0.4, -0.2) is 11.9 Å². The predicted molar refractivity (Wildman–Crippen MR) is 83.7 cm³/mol. The predicted octanol–water partition coefficient (Wildman–Crippen LogP) is 3.99. The first-order chi connectivity index (χ1) is 9.52. The zero-order valence-corrected chi connectivity index (χ0v) is 12.7. The fourth-order valence-electron chi connectivity index (χ4n) is 1.75. The summed E-state index contributed by atoms with van der Waals surface area (Å²) < 4.78 is 1.03. The Morgan fingerprint density at radius 3 is 2.75 bits per heavy atom. The summed E-state index contributed by atoms with van der Waals surface area (Å²) in [5, 5.41) is 13.3.